The Hall–Kier alpha value is -2.95. The van der Waals surface area contributed by atoms with Gasteiger partial charge < -0.3 is 4.74 Å². The number of methoxy groups -OCH3 is 1. The van der Waals surface area contributed by atoms with Crippen molar-refractivity contribution in [3.8, 4) is 17.8 Å². The molecule has 0 bridgehead atoms. The van der Waals surface area contributed by atoms with Crippen LogP contribution < -0.4 is 4.74 Å². The van der Waals surface area contributed by atoms with E-state index in [-0.39, 0.29) is 12.4 Å². The Balaban J connectivity index is 2.48. The summed E-state index contributed by atoms with van der Waals surface area (Å²) in [6, 6.07) is 3.69. The summed E-state index contributed by atoms with van der Waals surface area (Å²) in [7, 11) is 1.41. The van der Waals surface area contributed by atoms with Crippen LogP contribution in [0.3, 0.4) is 0 Å². The fourth-order valence-electron chi connectivity index (χ4n) is 1.77. The molecule has 8 heteroatoms. The minimum atomic E-state index is -0.457. The molecule has 0 amide bonds. The molecule has 2 aromatic heterocycles. The van der Waals surface area contributed by atoms with Crippen LogP contribution in [-0.4, -0.2) is 26.8 Å². The summed E-state index contributed by atoms with van der Waals surface area (Å²) < 4.78 is 6.53. The van der Waals surface area contributed by atoms with Crippen LogP contribution in [0.25, 0.3) is 5.82 Å². The van der Waals surface area contributed by atoms with Crippen molar-refractivity contribution in [3.63, 3.8) is 0 Å². The fourth-order valence-corrected chi connectivity index (χ4v) is 1.77. The number of aromatic nitrogens is 3. The lowest BCUT2D eigenvalue weighted by atomic mass is 10.2. The summed E-state index contributed by atoms with van der Waals surface area (Å²) in [4.78, 5) is 14.2. The van der Waals surface area contributed by atoms with Crippen LogP contribution in [0.15, 0.2) is 18.5 Å². The average molecular weight is 273 g/mol. The van der Waals surface area contributed by atoms with Crippen LogP contribution >= 0.6 is 0 Å². The molecule has 0 spiro atoms. The molecule has 0 saturated heterocycles. The highest BCUT2D eigenvalue weighted by Gasteiger charge is 2.18. The third kappa shape index (κ3) is 2.42. The highest BCUT2D eigenvalue weighted by atomic mass is 16.6. The molecule has 102 valence electrons. The van der Waals surface area contributed by atoms with Gasteiger partial charge in [0.15, 0.2) is 5.82 Å². The van der Waals surface area contributed by atoms with Gasteiger partial charge in [-0.25, -0.2) is 4.98 Å². The lowest BCUT2D eigenvalue weighted by molar-refractivity contribution is -0.496. The van der Waals surface area contributed by atoms with Gasteiger partial charge >= 0.3 is 0 Å². The molecule has 0 N–H and O–H groups in total. The smallest absolute Gasteiger partial charge is 0.235 e. The van der Waals surface area contributed by atoms with Gasteiger partial charge in [0.1, 0.15) is 11.6 Å². The van der Waals surface area contributed by atoms with Gasteiger partial charge in [-0.2, -0.15) is 15.0 Å². The lowest BCUT2D eigenvalue weighted by Gasteiger charge is -2.07. The molecule has 20 heavy (non-hydrogen) atoms. The maximum Gasteiger partial charge on any atom is 0.235 e. The molecular weight excluding hydrogens is 262 g/mol. The van der Waals surface area contributed by atoms with E-state index in [9.17, 15) is 10.1 Å². The second kappa shape index (κ2) is 5.36. The molecular formula is C12H11N5O3. The van der Waals surface area contributed by atoms with E-state index in [1.54, 1.807) is 13.0 Å². The molecule has 0 aliphatic heterocycles. The van der Waals surface area contributed by atoms with Gasteiger partial charge in [-0.15, -0.1) is 0 Å². The molecule has 8 nitrogen and oxygen atoms in total. The molecule has 0 unspecified atom stereocenters. The number of hydrogen-bond acceptors (Lipinski definition) is 6. The molecule has 0 aromatic carbocycles. The largest absolute Gasteiger partial charge is 0.480 e. The van der Waals surface area contributed by atoms with E-state index >= 15 is 0 Å². The van der Waals surface area contributed by atoms with Gasteiger partial charge in [-0.3, -0.25) is 10.1 Å². The summed E-state index contributed by atoms with van der Waals surface area (Å²) in [5, 5.41) is 23.5. The molecule has 2 rings (SSSR count). The first kappa shape index (κ1) is 13.5. The van der Waals surface area contributed by atoms with Gasteiger partial charge in [0.2, 0.25) is 12.4 Å². The summed E-state index contributed by atoms with van der Waals surface area (Å²) in [6.45, 7) is 1.40. The number of ether oxygens (including phenoxy) is 1. The van der Waals surface area contributed by atoms with Crippen molar-refractivity contribution in [3.05, 3.63) is 45.3 Å². The monoisotopic (exact) mass is 273 g/mol. The Bertz CT molecular complexity index is 702. The van der Waals surface area contributed by atoms with Crippen LogP contribution in [0.1, 0.15) is 16.7 Å². The standard InChI is InChI=1S/C12H11N5O3/c1-8-3-11(14-5-9(8)4-13)17-12(20-2)10(6-15-17)7-16(18)19/h3,5-6H,7H2,1-2H3. The van der Waals surface area contributed by atoms with E-state index in [2.05, 4.69) is 10.1 Å². The Morgan fingerprint density at radius 3 is 2.85 bits per heavy atom. The molecule has 0 atom stereocenters. The third-order valence-electron chi connectivity index (χ3n) is 2.72. The summed E-state index contributed by atoms with van der Waals surface area (Å²) in [5.74, 6) is 0.700. The van der Waals surface area contributed by atoms with Crippen molar-refractivity contribution in [2.24, 2.45) is 0 Å². The molecule has 0 radical (unpaired) electrons. The van der Waals surface area contributed by atoms with E-state index in [4.69, 9.17) is 10.00 Å². The van der Waals surface area contributed by atoms with Crippen LogP contribution in [-0.2, 0) is 6.54 Å². The maximum absolute atomic E-state index is 10.6. The molecule has 0 saturated carbocycles. The van der Waals surface area contributed by atoms with Gasteiger partial charge in [0.05, 0.1) is 18.9 Å². The Kier molecular flexibility index (Phi) is 3.61. The summed E-state index contributed by atoms with van der Waals surface area (Å²) in [5.41, 5.74) is 1.57. The first-order valence-electron chi connectivity index (χ1n) is 5.66. The number of pyridine rings is 1. The van der Waals surface area contributed by atoms with Crippen molar-refractivity contribution < 1.29 is 9.66 Å². The van der Waals surface area contributed by atoms with Crippen molar-refractivity contribution in [2.45, 2.75) is 13.5 Å². The topological polar surface area (TPSA) is 107 Å². The molecule has 2 aromatic rings. The Morgan fingerprint density at radius 1 is 1.55 bits per heavy atom. The van der Waals surface area contributed by atoms with E-state index in [0.717, 1.165) is 5.56 Å². The van der Waals surface area contributed by atoms with Crippen molar-refractivity contribution in [1.82, 2.24) is 14.8 Å². The average Bonchev–Trinajstić information content (AvgIpc) is 2.80. The minimum absolute atomic E-state index is 0.262. The highest BCUT2D eigenvalue weighted by molar-refractivity contribution is 5.41. The summed E-state index contributed by atoms with van der Waals surface area (Å²) >= 11 is 0. The molecule has 0 aliphatic rings. The first-order chi connectivity index (χ1) is 9.56. The number of hydrogen-bond donors (Lipinski definition) is 0. The van der Waals surface area contributed by atoms with E-state index < -0.39 is 4.92 Å². The van der Waals surface area contributed by atoms with Gasteiger partial charge in [-0.1, -0.05) is 0 Å². The number of nitriles is 1. The summed E-state index contributed by atoms with van der Waals surface area (Å²) in [6.07, 6.45) is 2.80. The van der Waals surface area contributed by atoms with E-state index in [1.807, 2.05) is 6.07 Å². The second-order valence-electron chi connectivity index (χ2n) is 4.05. The number of aryl methyl sites for hydroxylation is 1. The Labute approximate surface area is 114 Å². The van der Waals surface area contributed by atoms with Crippen molar-refractivity contribution in [2.75, 3.05) is 7.11 Å². The maximum atomic E-state index is 10.6. The van der Waals surface area contributed by atoms with Crippen molar-refractivity contribution in [1.29, 1.82) is 5.26 Å². The van der Waals surface area contributed by atoms with Crippen LogP contribution in [0.5, 0.6) is 5.88 Å². The highest BCUT2D eigenvalue weighted by Crippen LogP contribution is 2.22. The molecule has 0 aliphatic carbocycles. The molecule has 2 heterocycles. The van der Waals surface area contributed by atoms with Gasteiger partial charge in [0.25, 0.3) is 0 Å². The zero-order valence-electron chi connectivity index (χ0n) is 10.9. The van der Waals surface area contributed by atoms with Crippen LogP contribution in [0.4, 0.5) is 0 Å². The zero-order chi connectivity index (χ0) is 14.7. The van der Waals surface area contributed by atoms with Gasteiger partial charge in [0, 0.05) is 11.1 Å². The lowest BCUT2D eigenvalue weighted by Crippen LogP contribution is -2.05. The quantitative estimate of drug-likeness (QED) is 0.612. The Morgan fingerprint density at radius 2 is 2.30 bits per heavy atom. The van der Waals surface area contributed by atoms with Crippen LogP contribution in [0, 0.1) is 28.4 Å². The number of rotatable bonds is 4. The second-order valence-corrected chi connectivity index (χ2v) is 4.05. The zero-order valence-corrected chi connectivity index (χ0v) is 10.9. The van der Waals surface area contributed by atoms with Crippen LogP contribution in [0.2, 0.25) is 0 Å². The normalized spacial score (nSPS) is 10.1. The van der Waals surface area contributed by atoms with E-state index in [0.29, 0.717) is 16.9 Å². The number of nitrogens with zero attached hydrogens (tertiary/aromatic N) is 5. The predicted octanol–water partition coefficient (Wildman–Crippen LogP) is 1.23. The predicted molar refractivity (Wildman–Crippen MR) is 68.1 cm³/mol. The van der Waals surface area contributed by atoms with Gasteiger partial charge in [-0.05, 0) is 18.6 Å². The van der Waals surface area contributed by atoms with Crippen molar-refractivity contribution >= 4 is 0 Å². The third-order valence-corrected chi connectivity index (χ3v) is 2.72. The number of nitro groups is 1. The first-order valence-corrected chi connectivity index (χ1v) is 5.66. The minimum Gasteiger partial charge on any atom is -0.480 e. The SMILES string of the molecule is COc1c(C[N+](=O)[O-])cnn1-c1cc(C)c(C#N)cn1. The molecule has 0 fully saturated rings. The van der Waals surface area contributed by atoms with E-state index in [1.165, 1.54) is 24.2 Å². The fraction of sp³-hybridized carbons (Fsp3) is 0.250.